The van der Waals surface area contributed by atoms with Crippen LogP contribution in [0.25, 0.3) is 0 Å². The van der Waals surface area contributed by atoms with Crippen molar-refractivity contribution in [2.45, 2.75) is 11.4 Å². The highest BCUT2D eigenvalue weighted by Gasteiger charge is 1.96. The van der Waals surface area contributed by atoms with Crippen molar-refractivity contribution in [3.63, 3.8) is 0 Å². The van der Waals surface area contributed by atoms with E-state index in [1.807, 2.05) is 0 Å². The van der Waals surface area contributed by atoms with Gasteiger partial charge >= 0.3 is 0 Å². The van der Waals surface area contributed by atoms with Gasteiger partial charge < -0.3 is 9.84 Å². The number of rotatable bonds is 4. The summed E-state index contributed by atoms with van der Waals surface area (Å²) in [6.07, 6.45) is 5.42. The van der Waals surface area contributed by atoms with E-state index in [0.717, 1.165) is 17.8 Å². The van der Waals surface area contributed by atoms with Gasteiger partial charge in [-0.2, -0.15) is 0 Å². The van der Waals surface area contributed by atoms with Crippen molar-refractivity contribution in [1.29, 1.82) is 0 Å². The minimum atomic E-state index is 0.738. The van der Waals surface area contributed by atoms with E-state index in [0.29, 0.717) is 0 Å². The maximum atomic E-state index is 4.75. The quantitative estimate of drug-likeness (QED) is 0.804. The molecule has 0 aliphatic heterocycles. The monoisotopic (exact) mass is 220 g/mol. The molecule has 0 saturated carbocycles. The summed E-state index contributed by atoms with van der Waals surface area (Å²) in [5.74, 6) is 0. The van der Waals surface area contributed by atoms with Crippen molar-refractivity contribution < 1.29 is 4.52 Å². The lowest BCUT2D eigenvalue weighted by molar-refractivity contribution is 0.419. The molecular weight excluding hydrogens is 208 g/mol. The molecule has 0 saturated heterocycles. The molecule has 15 heavy (non-hydrogen) atoms. The number of benzene rings is 1. The standard InChI is InChI=1S/C11H12N2OS/c1-15-11-4-2-10(3-5-11)12-6-9-7-13-14-8-9/h2-5,7-8,12H,6H2,1H3. The smallest absolute Gasteiger partial charge is 0.128 e. The molecule has 0 amide bonds. The van der Waals surface area contributed by atoms with Crippen LogP contribution < -0.4 is 5.32 Å². The van der Waals surface area contributed by atoms with Crippen molar-refractivity contribution in [2.24, 2.45) is 0 Å². The topological polar surface area (TPSA) is 38.1 Å². The summed E-state index contributed by atoms with van der Waals surface area (Å²) < 4.78 is 4.75. The first-order chi connectivity index (χ1) is 7.38. The summed E-state index contributed by atoms with van der Waals surface area (Å²) in [4.78, 5) is 1.27. The van der Waals surface area contributed by atoms with Crippen LogP contribution in [0.1, 0.15) is 5.56 Å². The fourth-order valence-corrected chi connectivity index (χ4v) is 1.64. The Labute approximate surface area is 92.9 Å². The minimum absolute atomic E-state index is 0.738. The van der Waals surface area contributed by atoms with E-state index in [2.05, 4.69) is 41.0 Å². The SMILES string of the molecule is CSc1ccc(NCc2cnoc2)cc1. The van der Waals surface area contributed by atoms with Crippen LogP contribution in [0.3, 0.4) is 0 Å². The van der Waals surface area contributed by atoms with Gasteiger partial charge in [0.05, 0.1) is 6.20 Å². The number of hydrogen-bond donors (Lipinski definition) is 1. The van der Waals surface area contributed by atoms with E-state index in [1.54, 1.807) is 24.2 Å². The highest BCUT2D eigenvalue weighted by atomic mass is 32.2. The molecule has 0 aliphatic rings. The van der Waals surface area contributed by atoms with Crippen molar-refractivity contribution in [2.75, 3.05) is 11.6 Å². The lowest BCUT2D eigenvalue weighted by Gasteiger charge is -2.04. The third kappa shape index (κ3) is 2.76. The van der Waals surface area contributed by atoms with Gasteiger partial charge in [-0.15, -0.1) is 11.8 Å². The molecule has 3 nitrogen and oxygen atoms in total. The third-order valence-corrected chi connectivity index (χ3v) is 2.81. The Balaban J connectivity index is 1.93. The Morgan fingerprint density at radius 1 is 1.33 bits per heavy atom. The molecule has 0 spiro atoms. The third-order valence-electron chi connectivity index (χ3n) is 2.07. The Kier molecular flexibility index (Phi) is 3.29. The van der Waals surface area contributed by atoms with Crippen molar-refractivity contribution >= 4 is 17.4 Å². The van der Waals surface area contributed by atoms with E-state index in [9.17, 15) is 0 Å². The van der Waals surface area contributed by atoms with E-state index in [4.69, 9.17) is 4.52 Å². The number of nitrogens with one attached hydrogen (secondary N) is 1. The summed E-state index contributed by atoms with van der Waals surface area (Å²) in [6.45, 7) is 0.738. The molecular formula is C11H12N2OS. The molecule has 1 aromatic heterocycles. The van der Waals surface area contributed by atoms with Gasteiger partial charge in [0.2, 0.25) is 0 Å². The Morgan fingerprint density at radius 3 is 2.73 bits per heavy atom. The van der Waals surface area contributed by atoms with E-state index >= 15 is 0 Å². The number of nitrogens with zero attached hydrogens (tertiary/aromatic N) is 1. The summed E-state index contributed by atoms with van der Waals surface area (Å²) >= 11 is 1.74. The summed E-state index contributed by atoms with van der Waals surface area (Å²) in [5, 5.41) is 6.93. The molecule has 1 N–H and O–H groups in total. The predicted octanol–water partition coefficient (Wildman–Crippen LogP) is 3.01. The molecule has 4 heteroatoms. The Bertz CT molecular complexity index is 397. The molecule has 0 fully saturated rings. The Morgan fingerprint density at radius 2 is 2.13 bits per heavy atom. The van der Waals surface area contributed by atoms with Crippen molar-refractivity contribution in [3.05, 3.63) is 42.3 Å². The zero-order chi connectivity index (χ0) is 10.5. The van der Waals surface area contributed by atoms with Crippen molar-refractivity contribution in [1.82, 2.24) is 5.16 Å². The van der Waals surface area contributed by atoms with Gasteiger partial charge in [-0.25, -0.2) is 0 Å². The van der Waals surface area contributed by atoms with Crippen LogP contribution in [0, 0.1) is 0 Å². The van der Waals surface area contributed by atoms with E-state index in [1.165, 1.54) is 4.90 Å². The van der Waals surface area contributed by atoms with Crippen LogP contribution in [0.2, 0.25) is 0 Å². The molecule has 2 aromatic rings. The van der Waals surface area contributed by atoms with Gasteiger partial charge in [-0.1, -0.05) is 5.16 Å². The second-order valence-electron chi connectivity index (χ2n) is 3.11. The molecule has 78 valence electrons. The summed E-state index contributed by atoms with van der Waals surface area (Å²) in [6, 6.07) is 8.33. The Hall–Kier alpha value is -1.42. The molecule has 2 rings (SSSR count). The van der Waals surface area contributed by atoms with Gasteiger partial charge in [0.25, 0.3) is 0 Å². The first kappa shape index (κ1) is 10.1. The van der Waals surface area contributed by atoms with E-state index in [-0.39, 0.29) is 0 Å². The predicted molar refractivity (Wildman–Crippen MR) is 62.1 cm³/mol. The fraction of sp³-hybridized carbons (Fsp3) is 0.182. The van der Waals surface area contributed by atoms with Gasteiger partial charge in [0.15, 0.2) is 0 Å². The number of thioether (sulfide) groups is 1. The maximum absolute atomic E-state index is 4.75. The lowest BCUT2D eigenvalue weighted by Crippen LogP contribution is -1.97. The number of hydrogen-bond acceptors (Lipinski definition) is 4. The van der Waals surface area contributed by atoms with Crippen LogP contribution >= 0.6 is 11.8 Å². The molecule has 0 aliphatic carbocycles. The zero-order valence-corrected chi connectivity index (χ0v) is 9.25. The van der Waals surface area contributed by atoms with Crippen LogP contribution in [0.5, 0.6) is 0 Å². The number of anilines is 1. The van der Waals surface area contributed by atoms with Gasteiger partial charge in [-0.3, -0.25) is 0 Å². The molecule has 0 radical (unpaired) electrons. The molecule has 1 heterocycles. The van der Waals surface area contributed by atoms with Gasteiger partial charge in [-0.05, 0) is 30.5 Å². The van der Waals surface area contributed by atoms with Crippen LogP contribution in [0.15, 0.2) is 46.1 Å². The number of aromatic nitrogens is 1. The second-order valence-corrected chi connectivity index (χ2v) is 3.99. The van der Waals surface area contributed by atoms with Gasteiger partial charge in [0, 0.05) is 22.7 Å². The zero-order valence-electron chi connectivity index (χ0n) is 8.43. The molecule has 0 unspecified atom stereocenters. The van der Waals surface area contributed by atoms with Crippen LogP contribution in [0.4, 0.5) is 5.69 Å². The first-order valence-electron chi connectivity index (χ1n) is 4.64. The maximum Gasteiger partial charge on any atom is 0.128 e. The average molecular weight is 220 g/mol. The largest absolute Gasteiger partial charge is 0.381 e. The molecule has 0 bridgehead atoms. The summed E-state index contributed by atoms with van der Waals surface area (Å²) in [7, 11) is 0. The fourth-order valence-electron chi connectivity index (χ4n) is 1.23. The second kappa shape index (κ2) is 4.89. The molecule has 0 atom stereocenters. The molecule has 1 aromatic carbocycles. The first-order valence-corrected chi connectivity index (χ1v) is 5.87. The minimum Gasteiger partial charge on any atom is -0.381 e. The van der Waals surface area contributed by atoms with E-state index < -0.39 is 0 Å². The summed E-state index contributed by atoms with van der Waals surface area (Å²) in [5.41, 5.74) is 2.15. The van der Waals surface area contributed by atoms with Gasteiger partial charge in [0.1, 0.15) is 6.26 Å². The van der Waals surface area contributed by atoms with Crippen LogP contribution in [-0.2, 0) is 6.54 Å². The normalized spacial score (nSPS) is 10.2. The highest BCUT2D eigenvalue weighted by molar-refractivity contribution is 7.98. The lowest BCUT2D eigenvalue weighted by atomic mass is 10.3. The van der Waals surface area contributed by atoms with Crippen LogP contribution in [-0.4, -0.2) is 11.4 Å². The average Bonchev–Trinajstić information content (AvgIpc) is 2.80. The van der Waals surface area contributed by atoms with Crippen molar-refractivity contribution in [3.8, 4) is 0 Å². The highest BCUT2D eigenvalue weighted by Crippen LogP contribution is 2.17.